The van der Waals surface area contributed by atoms with Crippen LogP contribution >= 0.6 is 0 Å². The normalized spacial score (nSPS) is 11.9. The summed E-state index contributed by atoms with van der Waals surface area (Å²) in [5, 5.41) is 14.6. The summed E-state index contributed by atoms with van der Waals surface area (Å²) in [6, 6.07) is -0.538. The van der Waals surface area contributed by atoms with Crippen LogP contribution in [0.1, 0.15) is 38.3 Å². The molecule has 0 bridgehead atoms. The lowest BCUT2D eigenvalue weighted by molar-refractivity contribution is -0.124. The maximum absolute atomic E-state index is 11.9. The number of aromatic amines is 1. The maximum atomic E-state index is 11.9. The molecule has 0 aliphatic carbocycles. The van der Waals surface area contributed by atoms with E-state index in [4.69, 9.17) is 5.11 Å². The highest BCUT2D eigenvalue weighted by Crippen LogP contribution is 2.03. The Morgan fingerprint density at radius 2 is 2.12 bits per heavy atom. The minimum absolute atomic E-state index is 0.00131. The zero-order valence-electron chi connectivity index (χ0n) is 14.0. The molecule has 0 saturated heterocycles. The van der Waals surface area contributed by atoms with E-state index in [1.54, 1.807) is 12.5 Å². The van der Waals surface area contributed by atoms with Gasteiger partial charge in [0.05, 0.1) is 18.9 Å². The van der Waals surface area contributed by atoms with Gasteiger partial charge < -0.3 is 20.7 Å². The summed E-state index contributed by atoms with van der Waals surface area (Å²) in [4.78, 5) is 41.2. The van der Waals surface area contributed by atoms with E-state index in [0.29, 0.717) is 32.2 Å². The fourth-order valence-electron chi connectivity index (χ4n) is 2.25. The molecule has 24 heavy (non-hydrogen) atoms. The van der Waals surface area contributed by atoms with Gasteiger partial charge in [0.1, 0.15) is 12.4 Å². The van der Waals surface area contributed by atoms with E-state index in [1.807, 2.05) is 0 Å². The number of nitrogens with zero attached hydrogens (tertiary/aromatic N) is 1. The van der Waals surface area contributed by atoms with Gasteiger partial charge in [-0.25, -0.2) is 4.98 Å². The van der Waals surface area contributed by atoms with Crippen molar-refractivity contribution in [3.8, 4) is 0 Å². The van der Waals surface area contributed by atoms with Crippen molar-refractivity contribution in [1.29, 1.82) is 0 Å². The summed E-state index contributed by atoms with van der Waals surface area (Å²) in [5.41, 5.74) is 0.893. The summed E-state index contributed by atoms with van der Waals surface area (Å²) < 4.78 is 0. The summed E-state index contributed by atoms with van der Waals surface area (Å²) >= 11 is 0. The van der Waals surface area contributed by atoms with Crippen molar-refractivity contribution in [1.82, 2.24) is 20.6 Å². The van der Waals surface area contributed by atoms with Gasteiger partial charge in [0, 0.05) is 31.8 Å². The van der Waals surface area contributed by atoms with E-state index in [0.717, 1.165) is 12.1 Å². The first-order valence-corrected chi connectivity index (χ1v) is 8.13. The van der Waals surface area contributed by atoms with Gasteiger partial charge in [-0.2, -0.15) is 0 Å². The lowest BCUT2D eigenvalue weighted by atomic mass is 10.0. The van der Waals surface area contributed by atoms with Crippen molar-refractivity contribution in [2.24, 2.45) is 0 Å². The zero-order valence-corrected chi connectivity index (χ0v) is 14.0. The van der Waals surface area contributed by atoms with Crippen LogP contribution in [0.25, 0.3) is 0 Å². The van der Waals surface area contributed by atoms with E-state index in [9.17, 15) is 14.4 Å². The quantitative estimate of drug-likeness (QED) is 0.367. The minimum atomic E-state index is -0.550. The number of aliphatic hydroxyl groups excluding tert-OH is 1. The summed E-state index contributed by atoms with van der Waals surface area (Å²) in [5.74, 6) is -0.409. The Morgan fingerprint density at radius 3 is 2.75 bits per heavy atom. The standard InChI is InChI=1S/C16H26N4O4/c1-12(22)18-7-3-2-4-15(16(24)10-21)19-9-14(23)6-5-13-8-17-11-20-13/h8,11,15,19,21H,2-7,9-10H2,1H3,(H,17,20)(H,18,22)/t15-/m0/s1. The number of Topliss-reactive ketones (excluding diaryl/α,β-unsaturated/α-hetero) is 2. The third-order valence-corrected chi connectivity index (χ3v) is 3.61. The zero-order chi connectivity index (χ0) is 17.8. The molecule has 1 amide bonds. The SMILES string of the molecule is CC(=O)NCCCC[C@H](NCC(=O)CCc1cnc[nH]1)C(=O)CO. The molecule has 0 aromatic carbocycles. The van der Waals surface area contributed by atoms with Crippen LogP contribution in [0.3, 0.4) is 0 Å². The van der Waals surface area contributed by atoms with E-state index in [1.165, 1.54) is 6.92 Å². The van der Waals surface area contributed by atoms with Crippen LogP contribution in [0, 0.1) is 0 Å². The Morgan fingerprint density at radius 1 is 1.33 bits per heavy atom. The number of nitrogens with one attached hydrogen (secondary N) is 3. The predicted octanol–water partition coefficient (Wildman–Crippen LogP) is -0.263. The van der Waals surface area contributed by atoms with Crippen molar-refractivity contribution < 1.29 is 19.5 Å². The largest absolute Gasteiger partial charge is 0.389 e. The van der Waals surface area contributed by atoms with E-state index in [2.05, 4.69) is 20.6 Å². The summed E-state index contributed by atoms with van der Waals surface area (Å²) in [7, 11) is 0. The van der Waals surface area contributed by atoms with Crippen LogP contribution in [-0.2, 0) is 20.8 Å². The molecule has 1 aromatic rings. The smallest absolute Gasteiger partial charge is 0.216 e. The van der Waals surface area contributed by atoms with Gasteiger partial charge >= 0.3 is 0 Å². The Kier molecular flexibility index (Phi) is 9.55. The van der Waals surface area contributed by atoms with Crippen LogP contribution in [0.4, 0.5) is 0 Å². The number of unbranched alkanes of at least 4 members (excludes halogenated alkanes) is 1. The highest BCUT2D eigenvalue weighted by Gasteiger charge is 2.17. The number of amides is 1. The van der Waals surface area contributed by atoms with Gasteiger partial charge in [0.15, 0.2) is 5.78 Å². The van der Waals surface area contributed by atoms with Gasteiger partial charge in [-0.15, -0.1) is 0 Å². The fraction of sp³-hybridized carbons (Fsp3) is 0.625. The number of aryl methyl sites for hydroxylation is 1. The Hall–Kier alpha value is -2.06. The molecule has 0 fully saturated rings. The highest BCUT2D eigenvalue weighted by molar-refractivity contribution is 5.86. The number of imidazole rings is 1. The van der Waals surface area contributed by atoms with E-state index >= 15 is 0 Å². The lowest BCUT2D eigenvalue weighted by Gasteiger charge is -2.16. The third kappa shape index (κ3) is 8.54. The van der Waals surface area contributed by atoms with Gasteiger partial charge in [-0.05, 0) is 25.7 Å². The molecule has 134 valence electrons. The number of hydrogen-bond acceptors (Lipinski definition) is 6. The molecule has 1 atom stereocenters. The van der Waals surface area contributed by atoms with Crippen LogP contribution in [-0.4, -0.2) is 58.3 Å². The topological polar surface area (TPSA) is 124 Å². The van der Waals surface area contributed by atoms with Gasteiger partial charge in [0.25, 0.3) is 0 Å². The number of aromatic nitrogens is 2. The average molecular weight is 338 g/mol. The van der Waals surface area contributed by atoms with Crippen molar-refractivity contribution in [2.75, 3.05) is 19.7 Å². The van der Waals surface area contributed by atoms with Crippen LogP contribution in [0.2, 0.25) is 0 Å². The molecule has 0 spiro atoms. The van der Waals surface area contributed by atoms with Crippen molar-refractivity contribution >= 4 is 17.5 Å². The molecule has 8 nitrogen and oxygen atoms in total. The predicted molar refractivity (Wildman–Crippen MR) is 88.3 cm³/mol. The molecule has 1 heterocycles. The number of hydrogen-bond donors (Lipinski definition) is 4. The van der Waals surface area contributed by atoms with Crippen LogP contribution in [0.5, 0.6) is 0 Å². The third-order valence-electron chi connectivity index (χ3n) is 3.61. The highest BCUT2D eigenvalue weighted by atomic mass is 16.3. The summed E-state index contributed by atoms with van der Waals surface area (Å²) in [6.45, 7) is 1.55. The molecule has 1 aromatic heterocycles. The van der Waals surface area contributed by atoms with E-state index < -0.39 is 12.6 Å². The first-order chi connectivity index (χ1) is 11.5. The Balaban J connectivity index is 2.27. The molecular formula is C16H26N4O4. The second-order valence-corrected chi connectivity index (χ2v) is 5.65. The van der Waals surface area contributed by atoms with Crippen molar-refractivity contribution in [3.63, 3.8) is 0 Å². The molecule has 1 rings (SSSR count). The summed E-state index contributed by atoms with van der Waals surface area (Å²) in [6.07, 6.45) is 6.15. The van der Waals surface area contributed by atoms with Crippen molar-refractivity contribution in [2.45, 2.75) is 45.1 Å². The molecular weight excluding hydrogens is 312 g/mol. The first kappa shape index (κ1) is 20.0. The maximum Gasteiger partial charge on any atom is 0.216 e. The second-order valence-electron chi connectivity index (χ2n) is 5.65. The number of H-pyrrole nitrogens is 1. The number of carbonyl (C=O) groups is 3. The fourth-order valence-corrected chi connectivity index (χ4v) is 2.25. The minimum Gasteiger partial charge on any atom is -0.389 e. The van der Waals surface area contributed by atoms with E-state index in [-0.39, 0.29) is 24.0 Å². The molecule has 0 saturated carbocycles. The first-order valence-electron chi connectivity index (χ1n) is 8.13. The molecule has 8 heteroatoms. The number of aliphatic hydroxyl groups is 1. The van der Waals surface area contributed by atoms with Gasteiger partial charge in [-0.3, -0.25) is 14.4 Å². The van der Waals surface area contributed by atoms with Crippen LogP contribution in [0.15, 0.2) is 12.5 Å². The number of ketones is 2. The Bertz CT molecular complexity index is 516. The molecule has 0 unspecified atom stereocenters. The Labute approximate surface area is 141 Å². The second kappa shape index (κ2) is 11.5. The molecule has 0 aliphatic heterocycles. The number of rotatable bonds is 13. The molecule has 0 aliphatic rings. The van der Waals surface area contributed by atoms with Gasteiger partial charge in [-0.1, -0.05) is 0 Å². The number of carbonyl (C=O) groups excluding carboxylic acids is 3. The van der Waals surface area contributed by atoms with Crippen LogP contribution < -0.4 is 10.6 Å². The molecule has 4 N–H and O–H groups in total. The van der Waals surface area contributed by atoms with Crippen molar-refractivity contribution in [3.05, 3.63) is 18.2 Å². The van der Waals surface area contributed by atoms with Gasteiger partial charge in [0.2, 0.25) is 5.91 Å². The monoisotopic (exact) mass is 338 g/mol. The average Bonchev–Trinajstić information content (AvgIpc) is 3.07. The lowest BCUT2D eigenvalue weighted by Crippen LogP contribution is -2.41. The molecule has 0 radical (unpaired) electrons.